The molecule has 0 saturated heterocycles. The van der Waals surface area contributed by atoms with E-state index in [0.717, 1.165) is 0 Å². The summed E-state index contributed by atoms with van der Waals surface area (Å²) in [4.78, 5) is 16.0. The summed E-state index contributed by atoms with van der Waals surface area (Å²) in [6, 6.07) is 13.3. The zero-order valence-corrected chi connectivity index (χ0v) is 15.0. The third-order valence-electron chi connectivity index (χ3n) is 3.62. The van der Waals surface area contributed by atoms with Crippen LogP contribution in [0.15, 0.2) is 48.5 Å². The van der Waals surface area contributed by atoms with Gasteiger partial charge in [0.15, 0.2) is 5.82 Å². The fourth-order valence-corrected chi connectivity index (χ4v) is 2.49. The molecule has 1 amide bonds. The van der Waals surface area contributed by atoms with E-state index in [2.05, 4.69) is 15.4 Å². The highest BCUT2D eigenvalue weighted by molar-refractivity contribution is 5.91. The van der Waals surface area contributed by atoms with Crippen molar-refractivity contribution in [1.82, 2.24) is 14.8 Å². The highest BCUT2D eigenvalue weighted by Gasteiger charge is 2.15. The van der Waals surface area contributed by atoms with Crippen LogP contribution in [-0.4, -0.2) is 41.0 Å². The van der Waals surface area contributed by atoms with E-state index in [4.69, 9.17) is 9.47 Å². The SMILES string of the molecule is CCOc1nc(-c2cccc(F)c2)n(-c2ccc(NC(=O)COC)cc2)n1. The number of hydrogen-bond donors (Lipinski definition) is 1. The van der Waals surface area contributed by atoms with Gasteiger partial charge < -0.3 is 14.8 Å². The fraction of sp³-hybridized carbons (Fsp3) is 0.211. The van der Waals surface area contributed by atoms with Crippen molar-refractivity contribution in [2.75, 3.05) is 25.6 Å². The van der Waals surface area contributed by atoms with Gasteiger partial charge in [-0.1, -0.05) is 12.1 Å². The summed E-state index contributed by atoms with van der Waals surface area (Å²) in [6.07, 6.45) is 0. The Morgan fingerprint density at radius 2 is 2.00 bits per heavy atom. The first-order valence-corrected chi connectivity index (χ1v) is 8.35. The molecule has 3 aromatic rings. The quantitative estimate of drug-likeness (QED) is 0.692. The normalized spacial score (nSPS) is 10.6. The molecule has 140 valence electrons. The number of anilines is 1. The summed E-state index contributed by atoms with van der Waals surface area (Å²) >= 11 is 0. The summed E-state index contributed by atoms with van der Waals surface area (Å²) < 4.78 is 25.4. The van der Waals surface area contributed by atoms with Crippen molar-refractivity contribution >= 4 is 11.6 Å². The van der Waals surface area contributed by atoms with E-state index in [-0.39, 0.29) is 24.3 Å². The van der Waals surface area contributed by atoms with E-state index < -0.39 is 0 Å². The molecule has 0 aliphatic rings. The van der Waals surface area contributed by atoms with E-state index >= 15 is 0 Å². The van der Waals surface area contributed by atoms with Gasteiger partial charge in [0.25, 0.3) is 0 Å². The van der Waals surface area contributed by atoms with Crippen molar-refractivity contribution < 1.29 is 18.7 Å². The average molecular weight is 370 g/mol. The molecule has 7 nitrogen and oxygen atoms in total. The maximum Gasteiger partial charge on any atom is 0.336 e. The molecule has 0 aliphatic carbocycles. The van der Waals surface area contributed by atoms with Crippen molar-refractivity contribution in [3.8, 4) is 23.1 Å². The molecule has 27 heavy (non-hydrogen) atoms. The van der Waals surface area contributed by atoms with Gasteiger partial charge in [-0.3, -0.25) is 4.79 Å². The van der Waals surface area contributed by atoms with Crippen LogP contribution in [0, 0.1) is 5.82 Å². The molecular formula is C19H19FN4O3. The Morgan fingerprint density at radius 3 is 2.67 bits per heavy atom. The monoisotopic (exact) mass is 370 g/mol. The van der Waals surface area contributed by atoms with E-state index in [9.17, 15) is 9.18 Å². The number of methoxy groups -OCH3 is 1. The third kappa shape index (κ3) is 4.48. The smallest absolute Gasteiger partial charge is 0.336 e. The first-order chi connectivity index (χ1) is 13.1. The molecule has 0 aliphatic heterocycles. The van der Waals surface area contributed by atoms with Crippen LogP contribution in [0.5, 0.6) is 6.01 Å². The lowest BCUT2D eigenvalue weighted by molar-refractivity contribution is -0.119. The second-order valence-electron chi connectivity index (χ2n) is 5.60. The Kier molecular flexibility index (Phi) is 5.77. The van der Waals surface area contributed by atoms with E-state index in [1.807, 2.05) is 6.92 Å². The lowest BCUT2D eigenvalue weighted by atomic mass is 10.2. The van der Waals surface area contributed by atoms with Crippen LogP contribution >= 0.6 is 0 Å². The number of rotatable bonds is 7. The van der Waals surface area contributed by atoms with Crippen molar-refractivity contribution in [2.24, 2.45) is 0 Å². The topological polar surface area (TPSA) is 78.3 Å². The molecular weight excluding hydrogens is 351 g/mol. The summed E-state index contributed by atoms with van der Waals surface area (Å²) in [5.74, 6) is -0.157. The molecule has 1 aromatic heterocycles. The van der Waals surface area contributed by atoms with Gasteiger partial charge in [0.1, 0.15) is 12.4 Å². The minimum Gasteiger partial charge on any atom is -0.463 e. The predicted octanol–water partition coefficient (Wildman–Crippen LogP) is 3.06. The van der Waals surface area contributed by atoms with Crippen LogP contribution in [0.25, 0.3) is 17.1 Å². The largest absolute Gasteiger partial charge is 0.463 e. The number of ether oxygens (including phenoxy) is 2. The standard InChI is InChI=1S/C19H19FN4O3/c1-3-27-19-22-18(13-5-4-6-14(20)11-13)24(23-19)16-9-7-15(8-10-16)21-17(25)12-26-2/h4-11H,3,12H2,1-2H3,(H,21,25). The Bertz CT molecular complexity index is 925. The van der Waals surface area contributed by atoms with Gasteiger partial charge in [-0.05, 0) is 43.3 Å². The first-order valence-electron chi connectivity index (χ1n) is 8.35. The van der Waals surface area contributed by atoms with Crippen molar-refractivity contribution in [3.05, 3.63) is 54.3 Å². The van der Waals surface area contributed by atoms with Gasteiger partial charge in [0.2, 0.25) is 5.91 Å². The maximum absolute atomic E-state index is 13.6. The van der Waals surface area contributed by atoms with Crippen molar-refractivity contribution in [2.45, 2.75) is 6.92 Å². The Hall–Kier alpha value is -3.26. The highest BCUT2D eigenvalue weighted by atomic mass is 19.1. The van der Waals surface area contributed by atoms with E-state index in [1.54, 1.807) is 41.1 Å². The predicted molar refractivity (Wildman–Crippen MR) is 98.4 cm³/mol. The number of aromatic nitrogens is 3. The molecule has 0 fully saturated rings. The number of carbonyl (C=O) groups is 1. The maximum atomic E-state index is 13.6. The van der Waals surface area contributed by atoms with Crippen LogP contribution in [0.3, 0.4) is 0 Å². The minimum absolute atomic E-state index is 0.0216. The fourth-order valence-electron chi connectivity index (χ4n) is 2.49. The van der Waals surface area contributed by atoms with Gasteiger partial charge in [0, 0.05) is 18.4 Å². The molecule has 0 radical (unpaired) electrons. The minimum atomic E-state index is -0.365. The zero-order valence-electron chi connectivity index (χ0n) is 15.0. The molecule has 2 aromatic carbocycles. The van der Waals surface area contributed by atoms with Gasteiger partial charge >= 0.3 is 6.01 Å². The molecule has 0 spiro atoms. The van der Waals surface area contributed by atoms with Gasteiger partial charge in [-0.25, -0.2) is 9.07 Å². The second kappa shape index (κ2) is 8.41. The van der Waals surface area contributed by atoms with Crippen LogP contribution in [-0.2, 0) is 9.53 Å². The molecule has 0 saturated carbocycles. The molecule has 0 atom stereocenters. The van der Waals surface area contributed by atoms with Crippen LogP contribution in [0.4, 0.5) is 10.1 Å². The van der Waals surface area contributed by atoms with Gasteiger partial charge in [0.05, 0.1) is 12.3 Å². The summed E-state index contributed by atoms with van der Waals surface area (Å²) in [5.41, 5.74) is 1.89. The zero-order chi connectivity index (χ0) is 19.2. The summed E-state index contributed by atoms with van der Waals surface area (Å²) in [7, 11) is 1.46. The second-order valence-corrected chi connectivity index (χ2v) is 5.60. The highest BCUT2D eigenvalue weighted by Crippen LogP contribution is 2.25. The molecule has 0 bridgehead atoms. The Morgan fingerprint density at radius 1 is 1.22 bits per heavy atom. The van der Waals surface area contributed by atoms with Crippen molar-refractivity contribution in [1.29, 1.82) is 0 Å². The van der Waals surface area contributed by atoms with E-state index in [0.29, 0.717) is 29.4 Å². The number of nitrogens with one attached hydrogen (secondary N) is 1. The molecule has 1 N–H and O–H groups in total. The molecule has 1 heterocycles. The molecule has 3 rings (SSSR count). The van der Waals surface area contributed by atoms with Gasteiger partial charge in [-0.2, -0.15) is 4.98 Å². The van der Waals surface area contributed by atoms with Gasteiger partial charge in [-0.15, -0.1) is 5.10 Å². The summed E-state index contributed by atoms with van der Waals surface area (Å²) in [5, 5.41) is 7.07. The number of halogens is 1. The third-order valence-corrected chi connectivity index (χ3v) is 3.62. The van der Waals surface area contributed by atoms with E-state index in [1.165, 1.54) is 19.2 Å². The number of amides is 1. The Balaban J connectivity index is 1.94. The first kappa shape index (κ1) is 18.5. The molecule has 8 heteroatoms. The van der Waals surface area contributed by atoms with Crippen LogP contribution < -0.4 is 10.1 Å². The van der Waals surface area contributed by atoms with Crippen LogP contribution in [0.2, 0.25) is 0 Å². The average Bonchev–Trinajstić information content (AvgIpc) is 3.07. The molecule has 0 unspecified atom stereocenters. The number of hydrogen-bond acceptors (Lipinski definition) is 5. The summed E-state index contributed by atoms with van der Waals surface area (Å²) in [6.45, 7) is 2.23. The Labute approximate surface area is 155 Å². The number of benzene rings is 2. The van der Waals surface area contributed by atoms with Crippen molar-refractivity contribution in [3.63, 3.8) is 0 Å². The lowest BCUT2D eigenvalue weighted by Gasteiger charge is -2.08. The lowest BCUT2D eigenvalue weighted by Crippen LogP contribution is -2.17. The number of nitrogens with zero attached hydrogens (tertiary/aromatic N) is 3. The number of carbonyl (C=O) groups excluding carboxylic acids is 1. The van der Waals surface area contributed by atoms with Crippen LogP contribution in [0.1, 0.15) is 6.92 Å².